The Morgan fingerprint density at radius 1 is 1.20 bits per heavy atom. The summed E-state index contributed by atoms with van der Waals surface area (Å²) >= 11 is 0. The highest BCUT2D eigenvalue weighted by Gasteiger charge is 2.42. The number of amides is 1. The minimum absolute atomic E-state index is 0.340. The van der Waals surface area contributed by atoms with Crippen molar-refractivity contribution in [2.75, 3.05) is 13.1 Å². The molecule has 1 aliphatic rings. The predicted molar refractivity (Wildman–Crippen MR) is 84.2 cm³/mol. The average Bonchev–Trinajstić information content (AvgIpc) is 2.72. The molecule has 4 nitrogen and oxygen atoms in total. The van der Waals surface area contributed by atoms with Crippen LogP contribution in [0, 0.1) is 11.8 Å². The topological polar surface area (TPSA) is 72.3 Å². The van der Waals surface area contributed by atoms with Crippen LogP contribution >= 0.6 is 0 Å². The van der Waals surface area contributed by atoms with Crippen LogP contribution in [0.5, 0.6) is 0 Å². The third kappa shape index (κ3) is 5.06. The van der Waals surface area contributed by atoms with E-state index in [-0.39, 0.29) is 5.91 Å². The number of nitrogens with zero attached hydrogens (tertiary/aromatic N) is 1. The number of hydrogen-bond donors (Lipinski definition) is 2. The SMILES string of the molecule is CC(C)CCN(CCC(C)C)C1CCC(N)(C(N)=O)C1. The van der Waals surface area contributed by atoms with Crippen molar-refractivity contribution in [3.05, 3.63) is 0 Å². The van der Waals surface area contributed by atoms with Gasteiger partial charge in [-0.15, -0.1) is 0 Å². The molecule has 0 saturated heterocycles. The minimum Gasteiger partial charge on any atom is -0.368 e. The summed E-state index contributed by atoms with van der Waals surface area (Å²) < 4.78 is 0. The molecule has 0 heterocycles. The lowest BCUT2D eigenvalue weighted by Crippen LogP contribution is -2.51. The summed E-state index contributed by atoms with van der Waals surface area (Å²) in [5, 5.41) is 0. The molecule has 0 aliphatic heterocycles. The minimum atomic E-state index is -0.779. The molecule has 118 valence electrons. The second-order valence-electron chi connectivity index (χ2n) is 7.32. The molecule has 0 aromatic heterocycles. The second kappa shape index (κ2) is 7.41. The standard InChI is InChI=1S/C16H33N3O/c1-12(2)6-9-19(10-7-13(3)4)14-5-8-16(18,11-14)15(17)20/h12-14H,5-11,18H2,1-4H3,(H2,17,20). The van der Waals surface area contributed by atoms with Crippen LogP contribution in [-0.2, 0) is 4.79 Å². The molecule has 1 saturated carbocycles. The Bertz CT molecular complexity index is 305. The van der Waals surface area contributed by atoms with Gasteiger partial charge in [-0.1, -0.05) is 27.7 Å². The third-order valence-electron chi connectivity index (χ3n) is 4.52. The first kappa shape index (κ1) is 17.4. The number of carbonyl (C=O) groups excluding carboxylic acids is 1. The van der Waals surface area contributed by atoms with Crippen LogP contribution in [-0.4, -0.2) is 35.5 Å². The lowest BCUT2D eigenvalue weighted by atomic mass is 9.97. The van der Waals surface area contributed by atoms with Crippen LogP contribution < -0.4 is 11.5 Å². The molecule has 1 rings (SSSR count). The molecule has 0 spiro atoms. The van der Waals surface area contributed by atoms with Gasteiger partial charge in [-0.3, -0.25) is 4.79 Å². The number of rotatable bonds is 8. The first-order valence-corrected chi connectivity index (χ1v) is 8.07. The summed E-state index contributed by atoms with van der Waals surface area (Å²) in [4.78, 5) is 14.0. The fourth-order valence-electron chi connectivity index (χ4n) is 2.91. The summed E-state index contributed by atoms with van der Waals surface area (Å²) in [6.07, 6.45) is 4.84. The summed E-state index contributed by atoms with van der Waals surface area (Å²) in [5.74, 6) is 1.07. The van der Waals surface area contributed by atoms with Gasteiger partial charge >= 0.3 is 0 Å². The quantitative estimate of drug-likeness (QED) is 0.716. The van der Waals surface area contributed by atoms with Gasteiger partial charge in [0.2, 0.25) is 5.91 Å². The molecule has 4 heteroatoms. The maximum atomic E-state index is 11.5. The number of primary amides is 1. The van der Waals surface area contributed by atoms with Gasteiger partial charge in [0.15, 0.2) is 0 Å². The van der Waals surface area contributed by atoms with Crippen molar-refractivity contribution in [1.29, 1.82) is 0 Å². The first-order chi connectivity index (χ1) is 9.24. The molecule has 1 fully saturated rings. The molecule has 0 aromatic carbocycles. The molecule has 0 aromatic rings. The zero-order chi connectivity index (χ0) is 15.3. The van der Waals surface area contributed by atoms with Crippen LogP contribution in [0.25, 0.3) is 0 Å². The van der Waals surface area contributed by atoms with Gasteiger partial charge in [-0.25, -0.2) is 0 Å². The Morgan fingerprint density at radius 3 is 2.05 bits per heavy atom. The molecular formula is C16H33N3O. The summed E-state index contributed by atoms with van der Waals surface area (Å²) in [7, 11) is 0. The largest absolute Gasteiger partial charge is 0.368 e. The van der Waals surface area contributed by atoms with Crippen molar-refractivity contribution in [1.82, 2.24) is 4.90 Å². The monoisotopic (exact) mass is 283 g/mol. The van der Waals surface area contributed by atoms with Crippen LogP contribution in [0.2, 0.25) is 0 Å². The Morgan fingerprint density at radius 2 is 1.70 bits per heavy atom. The zero-order valence-corrected chi connectivity index (χ0v) is 13.7. The highest BCUT2D eigenvalue weighted by Crippen LogP contribution is 2.31. The van der Waals surface area contributed by atoms with E-state index in [0.29, 0.717) is 17.9 Å². The molecule has 0 bridgehead atoms. The van der Waals surface area contributed by atoms with E-state index in [9.17, 15) is 4.79 Å². The molecule has 1 aliphatic carbocycles. The number of hydrogen-bond acceptors (Lipinski definition) is 3. The fraction of sp³-hybridized carbons (Fsp3) is 0.938. The van der Waals surface area contributed by atoms with E-state index in [4.69, 9.17) is 11.5 Å². The molecule has 1 amide bonds. The van der Waals surface area contributed by atoms with Gasteiger partial charge in [0.05, 0.1) is 5.54 Å². The fourth-order valence-corrected chi connectivity index (χ4v) is 2.91. The van der Waals surface area contributed by atoms with Gasteiger partial charge in [0.25, 0.3) is 0 Å². The highest BCUT2D eigenvalue weighted by atomic mass is 16.1. The van der Waals surface area contributed by atoms with E-state index in [1.807, 2.05) is 0 Å². The Hall–Kier alpha value is -0.610. The highest BCUT2D eigenvalue weighted by molar-refractivity contribution is 5.84. The van der Waals surface area contributed by atoms with Crippen LogP contribution in [0.1, 0.15) is 59.8 Å². The van der Waals surface area contributed by atoms with E-state index < -0.39 is 5.54 Å². The molecule has 0 radical (unpaired) electrons. The van der Waals surface area contributed by atoms with E-state index in [1.165, 1.54) is 12.8 Å². The summed E-state index contributed by atoms with van der Waals surface area (Å²) in [6, 6.07) is 0.421. The van der Waals surface area contributed by atoms with Crippen molar-refractivity contribution in [2.24, 2.45) is 23.3 Å². The molecule has 20 heavy (non-hydrogen) atoms. The van der Waals surface area contributed by atoms with E-state index in [2.05, 4.69) is 32.6 Å². The maximum absolute atomic E-state index is 11.5. The molecule has 4 N–H and O–H groups in total. The van der Waals surface area contributed by atoms with Crippen LogP contribution in [0.3, 0.4) is 0 Å². The molecule has 2 unspecified atom stereocenters. The number of nitrogens with two attached hydrogens (primary N) is 2. The van der Waals surface area contributed by atoms with E-state index in [1.54, 1.807) is 0 Å². The maximum Gasteiger partial charge on any atom is 0.237 e. The van der Waals surface area contributed by atoms with Gasteiger partial charge < -0.3 is 16.4 Å². The Balaban J connectivity index is 2.61. The first-order valence-electron chi connectivity index (χ1n) is 8.07. The molecule has 2 atom stereocenters. The second-order valence-corrected chi connectivity index (χ2v) is 7.32. The van der Waals surface area contributed by atoms with Gasteiger partial charge in [0.1, 0.15) is 0 Å². The Labute approximate surface area is 124 Å². The van der Waals surface area contributed by atoms with Crippen molar-refractivity contribution < 1.29 is 4.79 Å². The van der Waals surface area contributed by atoms with Crippen LogP contribution in [0.4, 0.5) is 0 Å². The number of carbonyl (C=O) groups is 1. The van der Waals surface area contributed by atoms with Crippen molar-refractivity contribution in [2.45, 2.75) is 71.4 Å². The smallest absolute Gasteiger partial charge is 0.237 e. The van der Waals surface area contributed by atoms with Gasteiger partial charge in [0, 0.05) is 6.04 Å². The summed E-state index contributed by atoms with van der Waals surface area (Å²) in [6.45, 7) is 11.2. The predicted octanol–water partition coefficient (Wildman–Crippen LogP) is 2.12. The lowest BCUT2D eigenvalue weighted by molar-refractivity contribution is -0.123. The van der Waals surface area contributed by atoms with E-state index in [0.717, 1.165) is 32.4 Å². The third-order valence-corrected chi connectivity index (χ3v) is 4.52. The molecular weight excluding hydrogens is 250 g/mol. The van der Waals surface area contributed by atoms with Crippen molar-refractivity contribution in [3.63, 3.8) is 0 Å². The van der Waals surface area contributed by atoms with Crippen LogP contribution in [0.15, 0.2) is 0 Å². The van der Waals surface area contributed by atoms with Gasteiger partial charge in [-0.2, -0.15) is 0 Å². The van der Waals surface area contributed by atoms with Gasteiger partial charge in [-0.05, 0) is 57.0 Å². The van der Waals surface area contributed by atoms with Crippen molar-refractivity contribution in [3.8, 4) is 0 Å². The lowest BCUT2D eigenvalue weighted by Gasteiger charge is -2.31. The van der Waals surface area contributed by atoms with E-state index >= 15 is 0 Å². The Kier molecular flexibility index (Phi) is 6.46. The average molecular weight is 283 g/mol. The normalized spacial score (nSPS) is 26.9. The zero-order valence-electron chi connectivity index (χ0n) is 13.7. The summed E-state index contributed by atoms with van der Waals surface area (Å²) in [5.41, 5.74) is 10.8. The van der Waals surface area contributed by atoms with Crippen molar-refractivity contribution >= 4 is 5.91 Å².